The first-order chi connectivity index (χ1) is 14.4. The van der Waals surface area contributed by atoms with Gasteiger partial charge in [-0.15, -0.1) is 13.2 Å². The fourth-order valence-electron chi connectivity index (χ4n) is 3.46. The first kappa shape index (κ1) is 22.0. The second-order valence-electron chi connectivity index (χ2n) is 7.03. The molecule has 1 aliphatic rings. The zero-order valence-corrected chi connectivity index (χ0v) is 16.5. The summed E-state index contributed by atoms with van der Waals surface area (Å²) in [6.45, 7) is 0. The summed E-state index contributed by atoms with van der Waals surface area (Å²) in [6.07, 6.45) is -0.838. The van der Waals surface area contributed by atoms with E-state index in [-0.39, 0.29) is 17.2 Å². The molecule has 0 spiro atoms. The summed E-state index contributed by atoms with van der Waals surface area (Å²) in [6, 6.07) is 11.8. The molecule has 0 saturated heterocycles. The summed E-state index contributed by atoms with van der Waals surface area (Å²) in [4.78, 5) is 12.4. The summed E-state index contributed by atoms with van der Waals surface area (Å²) < 4.78 is 59.0. The van der Waals surface area contributed by atoms with Gasteiger partial charge in [-0.25, -0.2) is 4.79 Å². The Balaban J connectivity index is 1.84. The van der Waals surface area contributed by atoms with Crippen LogP contribution in [-0.2, 0) is 4.74 Å². The molecule has 162 valence electrons. The van der Waals surface area contributed by atoms with Gasteiger partial charge < -0.3 is 18.9 Å². The van der Waals surface area contributed by atoms with Gasteiger partial charge in [0.2, 0.25) is 6.29 Å². The molecule has 1 unspecified atom stereocenters. The Morgan fingerprint density at radius 1 is 1.00 bits per heavy atom. The van der Waals surface area contributed by atoms with Crippen molar-refractivity contribution in [1.82, 2.24) is 0 Å². The van der Waals surface area contributed by atoms with Gasteiger partial charge in [0, 0.05) is 13.0 Å². The molecule has 2 aromatic carbocycles. The summed E-state index contributed by atoms with van der Waals surface area (Å²) in [5.74, 6) is -1.14. The lowest BCUT2D eigenvalue weighted by atomic mass is 9.89. The van der Waals surface area contributed by atoms with Crippen LogP contribution in [0.15, 0.2) is 48.5 Å². The molecule has 0 aliphatic heterocycles. The highest BCUT2D eigenvalue weighted by Crippen LogP contribution is 2.36. The first-order valence-corrected chi connectivity index (χ1v) is 9.72. The predicted molar refractivity (Wildman–Crippen MR) is 103 cm³/mol. The molecule has 0 bridgehead atoms. The molecule has 1 saturated carbocycles. The number of esters is 1. The van der Waals surface area contributed by atoms with E-state index < -0.39 is 24.4 Å². The van der Waals surface area contributed by atoms with Crippen molar-refractivity contribution < 1.29 is 36.9 Å². The van der Waals surface area contributed by atoms with Crippen molar-refractivity contribution in [3.8, 4) is 17.2 Å². The molecule has 0 heterocycles. The van der Waals surface area contributed by atoms with E-state index in [1.807, 2.05) is 0 Å². The minimum Gasteiger partial charge on any atom is -0.461 e. The molecule has 1 fully saturated rings. The highest BCUT2D eigenvalue weighted by molar-refractivity contribution is 5.91. The fraction of sp³-hybridized carbons (Fsp3) is 0.409. The van der Waals surface area contributed by atoms with Gasteiger partial charge in [-0.3, -0.25) is 0 Å². The second kappa shape index (κ2) is 9.84. The number of ether oxygens (including phenoxy) is 4. The van der Waals surface area contributed by atoms with Gasteiger partial charge in [0.1, 0.15) is 5.75 Å². The Hall–Kier alpha value is -2.74. The number of carbonyl (C=O) groups excluding carboxylic acids is 1. The monoisotopic (exact) mass is 424 g/mol. The third kappa shape index (κ3) is 6.13. The number of para-hydroxylation sites is 1. The van der Waals surface area contributed by atoms with Crippen LogP contribution in [0.1, 0.15) is 42.5 Å². The lowest BCUT2D eigenvalue weighted by Gasteiger charge is -2.30. The van der Waals surface area contributed by atoms with Crippen molar-refractivity contribution in [3.05, 3.63) is 54.1 Å². The third-order valence-electron chi connectivity index (χ3n) is 4.87. The van der Waals surface area contributed by atoms with E-state index in [1.165, 1.54) is 19.2 Å². The highest BCUT2D eigenvalue weighted by Gasteiger charge is 2.34. The minimum atomic E-state index is -4.91. The van der Waals surface area contributed by atoms with Crippen LogP contribution in [0.25, 0.3) is 0 Å². The molecule has 0 aromatic heterocycles. The predicted octanol–water partition coefficient (Wildman–Crippen LogP) is 5.74. The van der Waals surface area contributed by atoms with Crippen molar-refractivity contribution >= 4 is 5.97 Å². The number of hydrogen-bond acceptors (Lipinski definition) is 5. The normalized spacial score (nSPS) is 16.0. The topological polar surface area (TPSA) is 54.0 Å². The SMILES string of the molecule is COC(Oc1cc(C(=O)Oc2ccccc2)ccc1OC(F)(F)F)C1CCCCC1. The maximum Gasteiger partial charge on any atom is 0.573 e. The van der Waals surface area contributed by atoms with E-state index in [0.717, 1.165) is 38.2 Å². The molecule has 2 aromatic rings. The van der Waals surface area contributed by atoms with Gasteiger partial charge in [-0.2, -0.15) is 0 Å². The Morgan fingerprint density at radius 3 is 2.33 bits per heavy atom. The van der Waals surface area contributed by atoms with Crippen molar-refractivity contribution in [2.24, 2.45) is 5.92 Å². The van der Waals surface area contributed by atoms with Crippen LogP contribution in [0.5, 0.6) is 17.2 Å². The molecule has 3 rings (SSSR count). The molecule has 1 atom stereocenters. The number of benzene rings is 2. The fourth-order valence-corrected chi connectivity index (χ4v) is 3.46. The highest BCUT2D eigenvalue weighted by atomic mass is 19.4. The molecular weight excluding hydrogens is 401 g/mol. The standard InChI is InChI=1S/C22H23F3O5/c1-27-21(15-8-4-2-5-9-15)29-19-14-16(12-13-18(19)30-22(23,24)25)20(26)28-17-10-6-3-7-11-17/h3,6-7,10-15,21H,2,4-5,8-9H2,1H3. The number of methoxy groups -OCH3 is 1. The van der Waals surface area contributed by atoms with Crippen LogP contribution in [0.2, 0.25) is 0 Å². The quantitative estimate of drug-likeness (QED) is 0.323. The minimum absolute atomic E-state index is 0.0295. The number of halogens is 3. The smallest absolute Gasteiger partial charge is 0.461 e. The Kier molecular flexibility index (Phi) is 7.20. The first-order valence-electron chi connectivity index (χ1n) is 9.72. The van der Waals surface area contributed by atoms with Crippen molar-refractivity contribution in [1.29, 1.82) is 0 Å². The van der Waals surface area contributed by atoms with Crippen LogP contribution < -0.4 is 14.2 Å². The lowest BCUT2D eigenvalue weighted by molar-refractivity contribution is -0.275. The van der Waals surface area contributed by atoms with E-state index >= 15 is 0 Å². The zero-order chi connectivity index (χ0) is 21.6. The number of carbonyl (C=O) groups is 1. The summed E-state index contributed by atoms with van der Waals surface area (Å²) in [7, 11) is 1.44. The maximum atomic E-state index is 12.8. The Morgan fingerprint density at radius 2 is 1.70 bits per heavy atom. The van der Waals surface area contributed by atoms with E-state index in [4.69, 9.17) is 14.2 Å². The number of hydrogen-bond donors (Lipinski definition) is 0. The molecule has 8 heteroatoms. The van der Waals surface area contributed by atoms with Crippen LogP contribution >= 0.6 is 0 Å². The number of rotatable bonds is 7. The number of alkyl halides is 3. The lowest BCUT2D eigenvalue weighted by Crippen LogP contribution is -2.31. The van der Waals surface area contributed by atoms with E-state index in [1.54, 1.807) is 30.3 Å². The molecular formula is C22H23F3O5. The molecule has 0 N–H and O–H groups in total. The molecule has 5 nitrogen and oxygen atoms in total. The second-order valence-corrected chi connectivity index (χ2v) is 7.03. The van der Waals surface area contributed by atoms with Crippen LogP contribution in [0.3, 0.4) is 0 Å². The van der Waals surface area contributed by atoms with E-state index in [2.05, 4.69) is 4.74 Å². The van der Waals surface area contributed by atoms with Crippen molar-refractivity contribution in [2.75, 3.05) is 7.11 Å². The molecule has 0 radical (unpaired) electrons. The average Bonchev–Trinajstić information content (AvgIpc) is 2.73. The Bertz CT molecular complexity index is 832. The van der Waals surface area contributed by atoms with Crippen molar-refractivity contribution in [2.45, 2.75) is 44.8 Å². The van der Waals surface area contributed by atoms with Crippen molar-refractivity contribution in [3.63, 3.8) is 0 Å². The summed E-state index contributed by atoms with van der Waals surface area (Å²) >= 11 is 0. The van der Waals surface area contributed by atoms with Gasteiger partial charge >= 0.3 is 12.3 Å². The zero-order valence-electron chi connectivity index (χ0n) is 16.5. The van der Waals surface area contributed by atoms with Gasteiger partial charge in [-0.1, -0.05) is 37.5 Å². The van der Waals surface area contributed by atoms with Crippen LogP contribution in [0, 0.1) is 5.92 Å². The third-order valence-corrected chi connectivity index (χ3v) is 4.87. The van der Waals surface area contributed by atoms with Gasteiger partial charge in [-0.05, 0) is 43.2 Å². The molecule has 0 amide bonds. The van der Waals surface area contributed by atoms with Gasteiger partial charge in [0.15, 0.2) is 11.5 Å². The van der Waals surface area contributed by atoms with Gasteiger partial charge in [0.25, 0.3) is 0 Å². The van der Waals surface area contributed by atoms with Crippen LogP contribution in [-0.4, -0.2) is 25.7 Å². The van der Waals surface area contributed by atoms with Crippen LogP contribution in [0.4, 0.5) is 13.2 Å². The summed E-state index contributed by atoms with van der Waals surface area (Å²) in [5, 5.41) is 0. The molecule has 1 aliphatic carbocycles. The largest absolute Gasteiger partial charge is 0.573 e. The maximum absolute atomic E-state index is 12.8. The van der Waals surface area contributed by atoms with Gasteiger partial charge in [0.05, 0.1) is 5.56 Å². The van der Waals surface area contributed by atoms with E-state index in [0.29, 0.717) is 5.75 Å². The molecule has 30 heavy (non-hydrogen) atoms. The summed E-state index contributed by atoms with van der Waals surface area (Å²) in [5.41, 5.74) is 0.0295. The van der Waals surface area contributed by atoms with E-state index in [9.17, 15) is 18.0 Å². The average molecular weight is 424 g/mol. The Labute approximate surface area is 172 Å².